The molecule has 0 radical (unpaired) electrons. The molecule has 2 fully saturated rings. The average molecular weight is 393 g/mol. The van der Waals surface area contributed by atoms with Crippen molar-refractivity contribution in [2.75, 3.05) is 16.8 Å². The molecule has 1 aromatic rings. The maximum absolute atomic E-state index is 12.5. The van der Waals surface area contributed by atoms with Crippen molar-refractivity contribution in [3.05, 3.63) is 29.8 Å². The summed E-state index contributed by atoms with van der Waals surface area (Å²) in [5.41, 5.74) is 2.04. The van der Waals surface area contributed by atoms with Crippen molar-refractivity contribution in [1.29, 1.82) is 0 Å². The van der Waals surface area contributed by atoms with Crippen LogP contribution in [0.3, 0.4) is 0 Å². The van der Waals surface area contributed by atoms with Crippen LogP contribution < -0.4 is 10.6 Å². The molecule has 0 aromatic heterocycles. The van der Waals surface area contributed by atoms with Gasteiger partial charge in [0.25, 0.3) is 0 Å². The summed E-state index contributed by atoms with van der Waals surface area (Å²) in [4.78, 5) is 24.9. The number of nitrogens with one attached hydrogen (secondary N) is 2. The molecule has 1 saturated heterocycles. The maximum atomic E-state index is 12.5. The molecule has 1 atom stereocenters. The lowest BCUT2D eigenvalue weighted by Crippen LogP contribution is -2.41. The van der Waals surface area contributed by atoms with Gasteiger partial charge in [0, 0.05) is 23.6 Å². The van der Waals surface area contributed by atoms with E-state index in [9.17, 15) is 18.0 Å². The Morgan fingerprint density at radius 2 is 1.56 bits per heavy atom. The SMILES string of the molecule is CCc1ccc(NC(=O)C2CCC(C(=O)NC3CCS(=O)(=O)C3)CC2)cc1. The summed E-state index contributed by atoms with van der Waals surface area (Å²) in [7, 11) is -2.99. The van der Waals surface area contributed by atoms with E-state index in [0.29, 0.717) is 32.1 Å². The topological polar surface area (TPSA) is 92.3 Å². The van der Waals surface area contributed by atoms with Crippen LogP contribution in [0.15, 0.2) is 24.3 Å². The van der Waals surface area contributed by atoms with Gasteiger partial charge in [-0.3, -0.25) is 9.59 Å². The lowest BCUT2D eigenvalue weighted by Gasteiger charge is -2.28. The molecule has 1 aromatic carbocycles. The fraction of sp³-hybridized carbons (Fsp3) is 0.600. The second-order valence-electron chi connectivity index (χ2n) is 7.70. The molecule has 148 valence electrons. The van der Waals surface area contributed by atoms with E-state index in [0.717, 1.165) is 12.1 Å². The number of carbonyl (C=O) groups is 2. The van der Waals surface area contributed by atoms with Gasteiger partial charge in [-0.15, -0.1) is 0 Å². The first-order valence-corrected chi connectivity index (χ1v) is 11.6. The van der Waals surface area contributed by atoms with Gasteiger partial charge in [0.15, 0.2) is 9.84 Å². The van der Waals surface area contributed by atoms with Crippen molar-refractivity contribution in [2.45, 2.75) is 51.5 Å². The molecule has 27 heavy (non-hydrogen) atoms. The third kappa shape index (κ3) is 5.31. The summed E-state index contributed by atoms with van der Waals surface area (Å²) in [6, 6.07) is 7.62. The fourth-order valence-corrected chi connectivity index (χ4v) is 5.59. The molecule has 1 aliphatic carbocycles. The van der Waals surface area contributed by atoms with E-state index in [-0.39, 0.29) is 41.2 Å². The van der Waals surface area contributed by atoms with Crippen molar-refractivity contribution < 1.29 is 18.0 Å². The summed E-state index contributed by atoms with van der Waals surface area (Å²) in [5, 5.41) is 5.85. The van der Waals surface area contributed by atoms with Crippen LogP contribution in [0.4, 0.5) is 5.69 Å². The molecule has 2 amide bonds. The molecular weight excluding hydrogens is 364 g/mol. The van der Waals surface area contributed by atoms with Crippen molar-refractivity contribution in [2.24, 2.45) is 11.8 Å². The first-order valence-electron chi connectivity index (χ1n) is 9.77. The highest BCUT2D eigenvalue weighted by Crippen LogP contribution is 2.30. The van der Waals surface area contributed by atoms with E-state index in [1.54, 1.807) is 0 Å². The fourth-order valence-electron chi connectivity index (χ4n) is 3.91. The Balaban J connectivity index is 1.45. The molecule has 7 heteroatoms. The highest BCUT2D eigenvalue weighted by atomic mass is 32.2. The molecular formula is C20H28N2O4S. The normalized spacial score (nSPS) is 27.1. The third-order valence-corrected chi connectivity index (χ3v) is 7.45. The minimum Gasteiger partial charge on any atom is -0.352 e. The van der Waals surface area contributed by atoms with Crippen molar-refractivity contribution in [3.63, 3.8) is 0 Å². The molecule has 1 saturated carbocycles. The predicted octanol–water partition coefficient (Wildman–Crippen LogP) is 2.30. The number of sulfone groups is 1. The minimum absolute atomic E-state index is 0.0139. The lowest BCUT2D eigenvalue weighted by molar-refractivity contribution is -0.129. The van der Waals surface area contributed by atoms with Gasteiger partial charge in [0.1, 0.15) is 0 Å². The molecule has 1 heterocycles. The standard InChI is InChI=1S/C20H28N2O4S/c1-2-14-3-9-17(10-4-14)21-19(23)15-5-7-16(8-6-15)20(24)22-18-11-12-27(25,26)13-18/h3-4,9-10,15-16,18H,2,5-8,11-13H2,1H3,(H,21,23)(H,22,24). The minimum atomic E-state index is -2.99. The number of anilines is 1. The van der Waals surface area contributed by atoms with Crippen LogP contribution in [0.2, 0.25) is 0 Å². The number of rotatable bonds is 5. The van der Waals surface area contributed by atoms with E-state index >= 15 is 0 Å². The number of benzene rings is 1. The molecule has 0 bridgehead atoms. The van der Waals surface area contributed by atoms with Crippen LogP contribution in [-0.4, -0.2) is 37.8 Å². The van der Waals surface area contributed by atoms with Crippen molar-refractivity contribution in [1.82, 2.24) is 5.32 Å². The maximum Gasteiger partial charge on any atom is 0.227 e. The van der Waals surface area contributed by atoms with Crippen molar-refractivity contribution >= 4 is 27.3 Å². The first kappa shape index (κ1) is 19.9. The molecule has 2 N–H and O–H groups in total. The zero-order valence-electron chi connectivity index (χ0n) is 15.7. The highest BCUT2D eigenvalue weighted by molar-refractivity contribution is 7.91. The number of carbonyl (C=O) groups excluding carboxylic acids is 2. The molecule has 0 spiro atoms. The Bertz CT molecular complexity index is 781. The van der Waals surface area contributed by atoms with Gasteiger partial charge >= 0.3 is 0 Å². The molecule has 6 nitrogen and oxygen atoms in total. The average Bonchev–Trinajstić information content (AvgIpc) is 3.00. The molecule has 3 rings (SSSR count). The summed E-state index contributed by atoms with van der Waals surface area (Å²) < 4.78 is 23.0. The van der Waals surface area contributed by atoms with E-state index < -0.39 is 9.84 Å². The summed E-state index contributed by atoms with van der Waals surface area (Å²) >= 11 is 0. The number of hydrogen-bond donors (Lipinski definition) is 2. The van der Waals surface area contributed by atoms with Crippen LogP contribution in [0, 0.1) is 11.8 Å². The van der Waals surface area contributed by atoms with Crippen LogP contribution >= 0.6 is 0 Å². The van der Waals surface area contributed by atoms with Gasteiger partial charge in [-0.05, 0) is 56.2 Å². The van der Waals surface area contributed by atoms with Crippen LogP contribution in [-0.2, 0) is 25.8 Å². The van der Waals surface area contributed by atoms with E-state index in [1.807, 2.05) is 24.3 Å². The van der Waals surface area contributed by atoms with Crippen LogP contribution in [0.1, 0.15) is 44.6 Å². The molecule has 1 unspecified atom stereocenters. The Hall–Kier alpha value is -1.89. The lowest BCUT2D eigenvalue weighted by atomic mass is 9.81. The van der Waals surface area contributed by atoms with E-state index in [4.69, 9.17) is 0 Å². The first-order chi connectivity index (χ1) is 12.9. The van der Waals surface area contributed by atoms with Crippen LogP contribution in [0.5, 0.6) is 0 Å². The Kier molecular flexibility index (Phi) is 6.19. The monoisotopic (exact) mass is 392 g/mol. The van der Waals surface area contributed by atoms with Gasteiger partial charge < -0.3 is 10.6 Å². The summed E-state index contributed by atoms with van der Waals surface area (Å²) in [6.07, 6.45) is 4.16. The molecule has 1 aliphatic heterocycles. The van der Waals surface area contributed by atoms with Crippen LogP contribution in [0.25, 0.3) is 0 Å². The number of hydrogen-bond acceptors (Lipinski definition) is 4. The molecule has 2 aliphatic rings. The zero-order valence-corrected chi connectivity index (χ0v) is 16.6. The quantitative estimate of drug-likeness (QED) is 0.804. The number of aryl methyl sites for hydroxylation is 1. The second kappa shape index (κ2) is 8.42. The summed E-state index contributed by atoms with van der Waals surface area (Å²) in [5.74, 6) is -0.0451. The van der Waals surface area contributed by atoms with Gasteiger partial charge in [-0.1, -0.05) is 19.1 Å². The second-order valence-corrected chi connectivity index (χ2v) is 9.93. The van der Waals surface area contributed by atoms with Gasteiger partial charge in [0.05, 0.1) is 11.5 Å². The predicted molar refractivity (Wildman–Crippen MR) is 105 cm³/mol. The Labute approximate surface area is 161 Å². The third-order valence-electron chi connectivity index (χ3n) is 5.68. The van der Waals surface area contributed by atoms with E-state index in [1.165, 1.54) is 5.56 Å². The van der Waals surface area contributed by atoms with Gasteiger partial charge in [-0.25, -0.2) is 8.42 Å². The Morgan fingerprint density at radius 3 is 2.07 bits per heavy atom. The van der Waals surface area contributed by atoms with Crippen molar-refractivity contribution in [3.8, 4) is 0 Å². The number of amides is 2. The smallest absolute Gasteiger partial charge is 0.227 e. The summed E-state index contributed by atoms with van der Waals surface area (Å²) in [6.45, 7) is 2.09. The zero-order chi connectivity index (χ0) is 19.4. The largest absolute Gasteiger partial charge is 0.352 e. The van der Waals surface area contributed by atoms with Gasteiger partial charge in [-0.2, -0.15) is 0 Å². The highest BCUT2D eigenvalue weighted by Gasteiger charge is 2.33. The Morgan fingerprint density at radius 1 is 0.963 bits per heavy atom. The van der Waals surface area contributed by atoms with E-state index in [2.05, 4.69) is 17.6 Å². The van der Waals surface area contributed by atoms with Gasteiger partial charge in [0.2, 0.25) is 11.8 Å².